The van der Waals surface area contributed by atoms with Gasteiger partial charge in [0.15, 0.2) is 0 Å². The van der Waals surface area contributed by atoms with Crippen LogP contribution in [0.15, 0.2) is 35.3 Å². The molecule has 0 spiro atoms. The number of ether oxygens (including phenoxy) is 2. The molecule has 12 heteroatoms. The average molecular weight is 530 g/mol. The highest BCUT2D eigenvalue weighted by Gasteiger charge is 2.34. The van der Waals surface area contributed by atoms with E-state index in [4.69, 9.17) is 26.1 Å². The molecule has 0 bridgehead atoms. The quantitative estimate of drug-likeness (QED) is 0.484. The molecule has 1 aromatic carbocycles. The fourth-order valence-corrected chi connectivity index (χ4v) is 5.93. The van der Waals surface area contributed by atoms with Gasteiger partial charge in [-0.2, -0.15) is 0 Å². The van der Waals surface area contributed by atoms with Gasteiger partial charge in [0.25, 0.3) is 6.23 Å². The second-order valence-electron chi connectivity index (χ2n) is 8.50. The summed E-state index contributed by atoms with van der Waals surface area (Å²) < 4.78 is 12.7. The maximum Gasteiger partial charge on any atom is 0.321 e. The summed E-state index contributed by atoms with van der Waals surface area (Å²) in [5, 5.41) is 19.7. The molecule has 2 atom stereocenters. The van der Waals surface area contributed by atoms with E-state index in [2.05, 4.69) is 10.2 Å². The minimum Gasteiger partial charge on any atom is -0.480 e. The van der Waals surface area contributed by atoms with E-state index < -0.39 is 24.2 Å². The van der Waals surface area contributed by atoms with Crippen molar-refractivity contribution >= 4 is 40.6 Å². The molecule has 3 aromatic rings. The van der Waals surface area contributed by atoms with Gasteiger partial charge < -0.3 is 14.6 Å². The van der Waals surface area contributed by atoms with Crippen molar-refractivity contribution in [2.75, 3.05) is 26.3 Å². The number of hydrogen-bond donors (Lipinski definition) is 1. The number of halogens is 1. The zero-order valence-corrected chi connectivity index (χ0v) is 21.3. The molecule has 0 amide bonds. The largest absolute Gasteiger partial charge is 0.480 e. The molecule has 36 heavy (non-hydrogen) atoms. The van der Waals surface area contributed by atoms with Crippen LogP contribution in [-0.2, 0) is 25.5 Å². The molecule has 5 rings (SSSR count). The SMILES string of the molecule is CC(=O)OC1N=C(c2ccccc2Cl)c2cc(CC(C(=O)O)N3CCOCC3)sc2-n2c(C)nnc21. The molecule has 0 saturated carbocycles. The first-order valence-corrected chi connectivity index (χ1v) is 12.6. The first-order chi connectivity index (χ1) is 17.3. The summed E-state index contributed by atoms with van der Waals surface area (Å²) in [5.41, 5.74) is 1.95. The summed E-state index contributed by atoms with van der Waals surface area (Å²) in [5.74, 6) is -0.426. The zero-order valence-electron chi connectivity index (χ0n) is 19.7. The highest BCUT2D eigenvalue weighted by Crippen LogP contribution is 2.38. The van der Waals surface area contributed by atoms with Crippen LogP contribution < -0.4 is 0 Å². The number of aryl methyl sites for hydroxylation is 1. The number of carboxylic acids is 1. The van der Waals surface area contributed by atoms with E-state index >= 15 is 0 Å². The Kier molecular flexibility index (Phi) is 6.89. The fourth-order valence-electron chi connectivity index (χ4n) is 4.46. The fraction of sp³-hybridized carbons (Fsp3) is 0.375. The van der Waals surface area contributed by atoms with Gasteiger partial charge in [0.1, 0.15) is 16.9 Å². The number of carbonyl (C=O) groups excluding carboxylic acids is 1. The second kappa shape index (κ2) is 10.1. The molecule has 0 aliphatic carbocycles. The van der Waals surface area contributed by atoms with Crippen molar-refractivity contribution < 1.29 is 24.2 Å². The number of fused-ring (bicyclic) bond motifs is 3. The van der Waals surface area contributed by atoms with Crippen molar-refractivity contribution in [3.8, 4) is 5.00 Å². The first-order valence-electron chi connectivity index (χ1n) is 11.4. The van der Waals surface area contributed by atoms with Crippen LogP contribution in [0.25, 0.3) is 5.00 Å². The molecule has 1 fully saturated rings. The number of nitrogens with zero attached hydrogens (tertiary/aromatic N) is 5. The van der Waals surface area contributed by atoms with Crippen molar-refractivity contribution in [2.24, 2.45) is 4.99 Å². The molecular formula is C24H24ClN5O5S. The summed E-state index contributed by atoms with van der Waals surface area (Å²) in [6.07, 6.45) is -0.703. The molecule has 4 heterocycles. The third kappa shape index (κ3) is 4.66. The van der Waals surface area contributed by atoms with Crippen LogP contribution in [0, 0.1) is 6.92 Å². The van der Waals surface area contributed by atoms with Crippen LogP contribution in [0.2, 0.25) is 5.02 Å². The van der Waals surface area contributed by atoms with Gasteiger partial charge in [-0.3, -0.25) is 19.1 Å². The lowest BCUT2D eigenvalue weighted by Crippen LogP contribution is -2.48. The lowest BCUT2D eigenvalue weighted by molar-refractivity contribution is -0.147. The summed E-state index contributed by atoms with van der Waals surface area (Å²) >= 11 is 8.01. The number of aromatic nitrogens is 3. The van der Waals surface area contributed by atoms with Crippen molar-refractivity contribution in [1.82, 2.24) is 19.7 Å². The molecular weight excluding hydrogens is 506 g/mol. The van der Waals surface area contributed by atoms with Gasteiger partial charge in [-0.1, -0.05) is 29.8 Å². The molecule has 0 radical (unpaired) electrons. The topological polar surface area (TPSA) is 119 Å². The Bertz CT molecular complexity index is 1350. The Balaban J connectivity index is 1.64. The van der Waals surface area contributed by atoms with E-state index in [-0.39, 0.29) is 0 Å². The number of hydrogen-bond acceptors (Lipinski definition) is 9. The third-order valence-electron chi connectivity index (χ3n) is 6.11. The number of rotatable bonds is 6. The summed E-state index contributed by atoms with van der Waals surface area (Å²) in [6.45, 7) is 5.26. The monoisotopic (exact) mass is 529 g/mol. The number of carbonyl (C=O) groups is 2. The van der Waals surface area contributed by atoms with Crippen molar-refractivity contribution in [2.45, 2.75) is 32.5 Å². The van der Waals surface area contributed by atoms with E-state index in [1.54, 1.807) is 13.0 Å². The highest BCUT2D eigenvalue weighted by atomic mass is 35.5. The number of benzene rings is 1. The summed E-state index contributed by atoms with van der Waals surface area (Å²) in [7, 11) is 0. The predicted octanol–water partition coefficient (Wildman–Crippen LogP) is 3.03. The normalized spacial score (nSPS) is 18.5. The molecule has 2 aliphatic rings. The van der Waals surface area contributed by atoms with E-state index in [0.717, 1.165) is 15.4 Å². The Morgan fingerprint density at radius 3 is 2.69 bits per heavy atom. The van der Waals surface area contributed by atoms with Crippen LogP contribution in [-0.4, -0.2) is 74.8 Å². The molecule has 1 N–H and O–H groups in total. The van der Waals surface area contributed by atoms with Crippen molar-refractivity contribution in [3.63, 3.8) is 0 Å². The zero-order chi connectivity index (χ0) is 25.4. The maximum absolute atomic E-state index is 12.2. The molecule has 188 valence electrons. The van der Waals surface area contributed by atoms with Gasteiger partial charge in [0, 0.05) is 47.5 Å². The van der Waals surface area contributed by atoms with Crippen LogP contribution in [0.3, 0.4) is 0 Å². The van der Waals surface area contributed by atoms with Gasteiger partial charge in [-0.05, 0) is 19.1 Å². The minimum absolute atomic E-state index is 0.312. The lowest BCUT2D eigenvalue weighted by Gasteiger charge is -2.31. The van der Waals surface area contributed by atoms with Gasteiger partial charge in [-0.15, -0.1) is 21.5 Å². The molecule has 1 saturated heterocycles. The predicted molar refractivity (Wildman–Crippen MR) is 133 cm³/mol. The highest BCUT2D eigenvalue weighted by molar-refractivity contribution is 7.15. The summed E-state index contributed by atoms with van der Waals surface area (Å²) in [6, 6.07) is 8.55. The Hall–Kier alpha value is -3.12. The molecule has 2 unspecified atom stereocenters. The average Bonchev–Trinajstić information content (AvgIpc) is 3.41. The molecule has 2 aliphatic heterocycles. The van der Waals surface area contributed by atoms with Crippen LogP contribution in [0.4, 0.5) is 0 Å². The molecule has 2 aromatic heterocycles. The number of aliphatic carboxylic acids is 1. The van der Waals surface area contributed by atoms with E-state index in [1.165, 1.54) is 18.3 Å². The Labute approximate surface area is 216 Å². The minimum atomic E-state index is -1.02. The van der Waals surface area contributed by atoms with Gasteiger partial charge in [0.2, 0.25) is 5.82 Å². The Morgan fingerprint density at radius 2 is 2.00 bits per heavy atom. The number of esters is 1. The van der Waals surface area contributed by atoms with E-state index in [0.29, 0.717) is 60.7 Å². The van der Waals surface area contributed by atoms with Crippen LogP contribution >= 0.6 is 22.9 Å². The van der Waals surface area contributed by atoms with Crippen molar-refractivity contribution in [3.05, 3.63) is 63.0 Å². The van der Waals surface area contributed by atoms with E-state index in [1.807, 2.05) is 33.7 Å². The number of thiophene rings is 1. The number of aliphatic imine (C=N–C) groups is 1. The first kappa shape index (κ1) is 24.6. The summed E-state index contributed by atoms with van der Waals surface area (Å²) in [4.78, 5) is 31.7. The van der Waals surface area contributed by atoms with Gasteiger partial charge in [0.05, 0.1) is 18.9 Å². The third-order valence-corrected chi connectivity index (χ3v) is 7.58. The second-order valence-corrected chi connectivity index (χ2v) is 10.0. The van der Waals surface area contributed by atoms with Gasteiger partial charge >= 0.3 is 11.9 Å². The maximum atomic E-state index is 12.2. The molecule has 10 nitrogen and oxygen atoms in total. The Morgan fingerprint density at radius 1 is 1.25 bits per heavy atom. The smallest absolute Gasteiger partial charge is 0.321 e. The van der Waals surface area contributed by atoms with Crippen LogP contribution in [0.1, 0.15) is 40.8 Å². The van der Waals surface area contributed by atoms with Crippen LogP contribution in [0.5, 0.6) is 0 Å². The lowest BCUT2D eigenvalue weighted by atomic mass is 10.0. The van der Waals surface area contributed by atoms with E-state index in [9.17, 15) is 14.7 Å². The van der Waals surface area contributed by atoms with Crippen molar-refractivity contribution in [1.29, 1.82) is 0 Å². The van der Waals surface area contributed by atoms with Gasteiger partial charge in [-0.25, -0.2) is 4.99 Å². The number of carboxylic acid groups (broad SMARTS) is 1. The number of morpholine rings is 1. The standard InChI is InChI=1S/C24H24ClN5O5S/c1-13-27-28-21-22(35-14(2)31)26-20(16-5-3-4-6-18(16)25)17-11-15(36-23(17)30(13)21)12-19(24(32)33)29-7-9-34-10-8-29/h3-6,11,19,22H,7-10,12H2,1-2H3,(H,32,33).